The lowest BCUT2D eigenvalue weighted by Crippen LogP contribution is -2.49. The molecule has 0 aliphatic carbocycles. The summed E-state index contributed by atoms with van der Waals surface area (Å²) in [5.74, 6) is 0. The second kappa shape index (κ2) is 11.5. The largest absolute Gasteiger partial charge is 0.310 e. The normalized spacial score (nSPS) is 14.6. The molecule has 2 aliphatic rings. The first-order chi connectivity index (χ1) is 26.3. The average Bonchev–Trinajstić information content (AvgIpc) is 3.77. The van der Waals surface area contributed by atoms with Crippen LogP contribution in [0.2, 0.25) is 26.2 Å². The zero-order chi connectivity index (χ0) is 36.3. The molecule has 0 saturated carbocycles. The lowest BCUT2D eigenvalue weighted by atomic mass is 9.98. The van der Waals surface area contributed by atoms with Crippen molar-refractivity contribution in [2.24, 2.45) is 0 Å². The Balaban J connectivity index is 1.12. The summed E-state index contributed by atoms with van der Waals surface area (Å²) in [6.45, 7) is 10.1. The first-order valence-corrected chi connectivity index (χ1v) is 25.8. The van der Waals surface area contributed by atoms with Gasteiger partial charge in [0.15, 0.2) is 0 Å². The Hall–Kier alpha value is -5.53. The van der Waals surface area contributed by atoms with Gasteiger partial charge < -0.3 is 4.90 Å². The molecular weight excluding hydrogens is 703 g/mol. The maximum atomic E-state index is 2.55. The van der Waals surface area contributed by atoms with Crippen LogP contribution in [-0.2, 0) is 0 Å². The Morgan fingerprint density at radius 1 is 0.407 bits per heavy atom. The fourth-order valence-corrected chi connectivity index (χ4v) is 16.9. The van der Waals surface area contributed by atoms with E-state index < -0.39 is 16.1 Å². The van der Waals surface area contributed by atoms with Crippen LogP contribution in [0.1, 0.15) is 0 Å². The van der Waals surface area contributed by atoms with E-state index in [1.807, 2.05) is 11.3 Å². The summed E-state index contributed by atoms with van der Waals surface area (Å²) >= 11 is 1.92. The van der Waals surface area contributed by atoms with E-state index in [2.05, 4.69) is 195 Å². The van der Waals surface area contributed by atoms with Crippen molar-refractivity contribution in [2.45, 2.75) is 26.2 Å². The molecule has 0 unspecified atom stereocenters. The van der Waals surface area contributed by atoms with E-state index in [9.17, 15) is 0 Å². The fraction of sp³-hybridized carbons (Fsp3) is 0.0800. The monoisotopic (exact) mass is 741 g/mol. The van der Waals surface area contributed by atoms with Crippen molar-refractivity contribution in [3.05, 3.63) is 164 Å². The molecule has 1 aromatic heterocycles. The van der Waals surface area contributed by atoms with Gasteiger partial charge in [0.1, 0.15) is 16.1 Å². The zero-order valence-corrected chi connectivity index (χ0v) is 33.8. The number of benzene rings is 8. The van der Waals surface area contributed by atoms with Crippen LogP contribution in [0.25, 0.3) is 64.3 Å². The van der Waals surface area contributed by atoms with E-state index in [4.69, 9.17) is 0 Å². The van der Waals surface area contributed by atoms with Crippen LogP contribution in [0.15, 0.2) is 164 Å². The van der Waals surface area contributed by atoms with Gasteiger partial charge in [0.05, 0.1) is 0 Å². The quantitative estimate of drug-likeness (QED) is 0.162. The summed E-state index contributed by atoms with van der Waals surface area (Å²) in [4.78, 5) is 2.53. The number of hydrogen-bond acceptors (Lipinski definition) is 2. The molecule has 2 aliphatic heterocycles. The highest BCUT2D eigenvalue weighted by Gasteiger charge is 2.40. The lowest BCUT2D eigenvalue weighted by Gasteiger charge is -2.29. The molecular formula is C50H39NSSi2. The maximum absolute atomic E-state index is 2.55. The van der Waals surface area contributed by atoms with Gasteiger partial charge >= 0.3 is 0 Å². The number of thiophene rings is 1. The molecule has 54 heavy (non-hydrogen) atoms. The van der Waals surface area contributed by atoms with E-state index >= 15 is 0 Å². The van der Waals surface area contributed by atoms with Crippen molar-refractivity contribution in [2.75, 3.05) is 4.90 Å². The minimum atomic E-state index is -2.03. The van der Waals surface area contributed by atoms with Gasteiger partial charge in [0, 0.05) is 37.2 Å². The van der Waals surface area contributed by atoms with Crippen molar-refractivity contribution >= 4 is 96.2 Å². The lowest BCUT2D eigenvalue weighted by molar-refractivity contribution is 1.29. The van der Waals surface area contributed by atoms with Crippen molar-refractivity contribution < 1.29 is 0 Å². The first-order valence-electron chi connectivity index (χ1n) is 19.0. The van der Waals surface area contributed by atoms with Gasteiger partial charge in [-0.2, -0.15) is 0 Å². The molecule has 258 valence electrons. The van der Waals surface area contributed by atoms with E-state index in [1.54, 1.807) is 5.19 Å². The van der Waals surface area contributed by atoms with Crippen molar-refractivity contribution in [1.82, 2.24) is 0 Å². The molecule has 3 heterocycles. The van der Waals surface area contributed by atoms with Crippen LogP contribution >= 0.6 is 11.3 Å². The molecule has 0 saturated heterocycles. The molecule has 4 heteroatoms. The summed E-state index contributed by atoms with van der Waals surface area (Å²) < 4.78 is 2.75. The van der Waals surface area contributed by atoms with Crippen LogP contribution in [-0.4, -0.2) is 16.1 Å². The maximum Gasteiger partial charge on any atom is 0.113 e. The Morgan fingerprint density at radius 3 is 1.91 bits per heavy atom. The smallest absolute Gasteiger partial charge is 0.113 e. The van der Waals surface area contributed by atoms with E-state index in [0.717, 1.165) is 0 Å². The molecule has 11 rings (SSSR count). The van der Waals surface area contributed by atoms with Crippen molar-refractivity contribution in [3.8, 4) is 33.4 Å². The second-order valence-corrected chi connectivity index (χ2v) is 25.9. The highest BCUT2D eigenvalue weighted by molar-refractivity contribution is 7.26. The van der Waals surface area contributed by atoms with Gasteiger partial charge in [0.2, 0.25) is 0 Å². The number of fused-ring (bicyclic) bond motifs is 11. The van der Waals surface area contributed by atoms with Crippen molar-refractivity contribution in [1.29, 1.82) is 0 Å². The predicted molar refractivity (Wildman–Crippen MR) is 241 cm³/mol. The molecule has 0 atom stereocenters. The average molecular weight is 742 g/mol. The third-order valence-electron chi connectivity index (χ3n) is 12.4. The van der Waals surface area contributed by atoms with Gasteiger partial charge in [-0.3, -0.25) is 0 Å². The summed E-state index contributed by atoms with van der Waals surface area (Å²) in [6, 6.07) is 62.2. The number of nitrogens with zero attached hydrogens (tertiary/aromatic N) is 1. The molecule has 8 aromatic carbocycles. The molecule has 0 N–H and O–H groups in total. The van der Waals surface area contributed by atoms with Gasteiger partial charge in [-0.05, 0) is 119 Å². The highest BCUT2D eigenvalue weighted by atomic mass is 32.1. The molecule has 1 nitrogen and oxygen atoms in total. The molecule has 0 amide bonds. The van der Waals surface area contributed by atoms with Crippen molar-refractivity contribution in [3.63, 3.8) is 0 Å². The Labute approximate surface area is 322 Å². The predicted octanol–water partition coefficient (Wildman–Crippen LogP) is 12.0. The molecule has 0 spiro atoms. The van der Waals surface area contributed by atoms with Crippen LogP contribution in [0, 0.1) is 0 Å². The standard InChI is InChI=1S/C50H39NSSi2/c1-53(2)45-19-10-8-16-39(45)40-24-22-37(30-47(40)53)51(36-15-11-14-34(29-36)35-21-20-32-12-5-6-13-33(32)28-35)38-23-25-42-48(31-38)54(3,4)46-27-26-44-49(50(42)46)41-17-7-9-18-43(41)52-44/h5-31H,1-4H3. The third kappa shape index (κ3) is 4.54. The summed E-state index contributed by atoms with van der Waals surface area (Å²) in [6.07, 6.45) is 0. The molecule has 0 radical (unpaired) electrons. The van der Waals surface area contributed by atoms with Crippen LogP contribution in [0.3, 0.4) is 0 Å². The summed E-state index contributed by atoms with van der Waals surface area (Å²) in [5.41, 5.74) is 11.8. The molecule has 0 bridgehead atoms. The molecule has 0 fully saturated rings. The Kier molecular flexibility index (Phi) is 6.80. The minimum absolute atomic E-state index is 1.18. The minimum Gasteiger partial charge on any atom is -0.310 e. The van der Waals surface area contributed by atoms with Crippen LogP contribution in [0.4, 0.5) is 17.1 Å². The first kappa shape index (κ1) is 32.0. The highest BCUT2D eigenvalue weighted by Crippen LogP contribution is 2.45. The Bertz CT molecular complexity index is 3020. The van der Waals surface area contributed by atoms with Gasteiger partial charge in [-0.1, -0.05) is 135 Å². The number of rotatable bonds is 4. The van der Waals surface area contributed by atoms with E-state index in [1.165, 1.54) is 96.9 Å². The fourth-order valence-electron chi connectivity index (χ4n) is 9.64. The van der Waals surface area contributed by atoms with Gasteiger partial charge in [0.25, 0.3) is 0 Å². The summed E-state index contributed by atoms with van der Waals surface area (Å²) in [7, 11) is -3.92. The molecule has 9 aromatic rings. The van der Waals surface area contributed by atoms with Crippen LogP contribution < -0.4 is 25.6 Å². The van der Waals surface area contributed by atoms with E-state index in [0.29, 0.717) is 0 Å². The zero-order valence-electron chi connectivity index (χ0n) is 30.9. The third-order valence-corrected chi connectivity index (χ3v) is 20.6. The second-order valence-electron chi connectivity index (χ2n) is 16.2. The number of hydrogen-bond donors (Lipinski definition) is 0. The van der Waals surface area contributed by atoms with Gasteiger partial charge in [-0.15, -0.1) is 11.3 Å². The van der Waals surface area contributed by atoms with Gasteiger partial charge in [-0.25, -0.2) is 0 Å². The SMILES string of the molecule is C[Si]1(C)c2ccccc2-c2ccc(N(c3cccc(-c4ccc5ccccc5c4)c3)c3ccc4c(c3)[Si](C)(C)c3ccc5sc6ccccc6c5c3-4)cc21. The van der Waals surface area contributed by atoms with Crippen LogP contribution in [0.5, 0.6) is 0 Å². The summed E-state index contributed by atoms with van der Waals surface area (Å²) in [5, 5.41) is 11.5. The van der Waals surface area contributed by atoms with E-state index in [-0.39, 0.29) is 0 Å². The Morgan fingerprint density at radius 2 is 1.06 bits per heavy atom. The topological polar surface area (TPSA) is 3.24 Å². The number of anilines is 3.